The molecule has 1 aliphatic heterocycles. The van der Waals surface area contributed by atoms with E-state index in [9.17, 15) is 4.39 Å². The van der Waals surface area contributed by atoms with E-state index in [4.69, 9.17) is 9.72 Å². The third kappa shape index (κ3) is 5.47. The highest BCUT2D eigenvalue weighted by Gasteiger charge is 2.24. The fourth-order valence-electron chi connectivity index (χ4n) is 4.40. The van der Waals surface area contributed by atoms with Gasteiger partial charge in [-0.1, -0.05) is 23.4 Å². The standard InChI is InChI=1S/C26H30FN7O/c1-18-4-5-19(14-21(18)27)16-34-24-7-6-20(15-23(24)31-32-34)22-8-9-28-25(29-22)30-26(2,3)17-33-10-12-35-13-11-33/h4-9,14-15H,10-13,16-17H2,1-3H3,(H,28,29,30). The number of aryl methyl sites for hydroxylation is 1. The van der Waals surface area contributed by atoms with Gasteiger partial charge in [0, 0.05) is 36.9 Å². The first kappa shape index (κ1) is 23.3. The van der Waals surface area contributed by atoms with Crippen molar-refractivity contribution in [2.24, 2.45) is 0 Å². The lowest BCUT2D eigenvalue weighted by Gasteiger charge is -2.35. The summed E-state index contributed by atoms with van der Waals surface area (Å²) in [6.45, 7) is 10.8. The lowest BCUT2D eigenvalue weighted by atomic mass is 10.0. The van der Waals surface area contributed by atoms with Crippen LogP contribution in [-0.4, -0.2) is 68.2 Å². The number of aromatic nitrogens is 5. The zero-order valence-electron chi connectivity index (χ0n) is 20.3. The maximum atomic E-state index is 13.9. The number of hydrogen-bond donors (Lipinski definition) is 1. The summed E-state index contributed by atoms with van der Waals surface area (Å²) in [6, 6.07) is 13.1. The summed E-state index contributed by atoms with van der Waals surface area (Å²) in [5.41, 5.74) is 4.66. The van der Waals surface area contributed by atoms with Gasteiger partial charge in [-0.25, -0.2) is 19.0 Å². The Morgan fingerprint density at radius 2 is 1.91 bits per heavy atom. The van der Waals surface area contributed by atoms with Gasteiger partial charge in [0.2, 0.25) is 5.95 Å². The molecule has 3 heterocycles. The number of halogens is 1. The van der Waals surface area contributed by atoms with E-state index < -0.39 is 0 Å². The highest BCUT2D eigenvalue weighted by atomic mass is 19.1. The Morgan fingerprint density at radius 3 is 2.71 bits per heavy atom. The van der Waals surface area contributed by atoms with Crippen molar-refractivity contribution in [1.29, 1.82) is 0 Å². The molecule has 0 saturated carbocycles. The Balaban J connectivity index is 1.33. The minimum Gasteiger partial charge on any atom is -0.379 e. The van der Waals surface area contributed by atoms with Gasteiger partial charge in [0.1, 0.15) is 11.3 Å². The van der Waals surface area contributed by atoms with Crippen LogP contribution in [0, 0.1) is 12.7 Å². The summed E-state index contributed by atoms with van der Waals surface area (Å²) in [5.74, 6) is 0.376. The highest BCUT2D eigenvalue weighted by Crippen LogP contribution is 2.24. The zero-order valence-corrected chi connectivity index (χ0v) is 20.3. The molecule has 9 heteroatoms. The van der Waals surface area contributed by atoms with E-state index in [1.54, 1.807) is 29.9 Å². The Hall–Kier alpha value is -3.43. The summed E-state index contributed by atoms with van der Waals surface area (Å²) in [5, 5.41) is 12.1. The summed E-state index contributed by atoms with van der Waals surface area (Å²) in [6.07, 6.45) is 1.77. The van der Waals surface area contributed by atoms with Crippen LogP contribution in [0.3, 0.4) is 0 Å². The number of rotatable bonds is 7. The van der Waals surface area contributed by atoms with Crippen LogP contribution in [-0.2, 0) is 11.3 Å². The van der Waals surface area contributed by atoms with Gasteiger partial charge < -0.3 is 10.1 Å². The second-order valence-corrected chi connectivity index (χ2v) is 9.70. The Bertz CT molecular complexity index is 1330. The molecule has 0 amide bonds. The highest BCUT2D eigenvalue weighted by molar-refractivity contribution is 5.80. The maximum absolute atomic E-state index is 13.9. The molecular weight excluding hydrogens is 445 g/mol. The summed E-state index contributed by atoms with van der Waals surface area (Å²) < 4.78 is 21.2. The van der Waals surface area contributed by atoms with Gasteiger partial charge in [0.05, 0.1) is 31.0 Å². The van der Waals surface area contributed by atoms with Gasteiger partial charge in [-0.05, 0) is 56.2 Å². The Kier molecular flexibility index (Phi) is 6.44. The van der Waals surface area contributed by atoms with Crippen LogP contribution < -0.4 is 5.32 Å². The molecule has 2 aromatic heterocycles. The van der Waals surface area contributed by atoms with Crippen molar-refractivity contribution in [1.82, 2.24) is 29.9 Å². The number of anilines is 1. The molecule has 5 rings (SSSR count). The van der Waals surface area contributed by atoms with Crippen molar-refractivity contribution in [3.8, 4) is 11.3 Å². The third-order valence-electron chi connectivity index (χ3n) is 6.21. The minimum atomic E-state index is -0.212. The van der Waals surface area contributed by atoms with Gasteiger partial charge >= 0.3 is 0 Å². The normalized spacial score (nSPS) is 15.0. The van der Waals surface area contributed by atoms with Gasteiger partial charge in [0.25, 0.3) is 0 Å². The van der Waals surface area contributed by atoms with Crippen LogP contribution in [0.5, 0.6) is 0 Å². The molecule has 4 aromatic rings. The monoisotopic (exact) mass is 475 g/mol. The summed E-state index contributed by atoms with van der Waals surface area (Å²) >= 11 is 0. The number of morpholine rings is 1. The number of nitrogens with one attached hydrogen (secondary N) is 1. The van der Waals surface area contributed by atoms with Crippen LogP contribution in [0.2, 0.25) is 0 Å². The molecule has 0 radical (unpaired) electrons. The lowest BCUT2D eigenvalue weighted by molar-refractivity contribution is 0.0316. The number of fused-ring (bicyclic) bond motifs is 1. The third-order valence-corrected chi connectivity index (χ3v) is 6.21. The van der Waals surface area contributed by atoms with Crippen molar-refractivity contribution in [2.75, 3.05) is 38.2 Å². The predicted octanol–water partition coefficient (Wildman–Crippen LogP) is 3.91. The van der Waals surface area contributed by atoms with Gasteiger partial charge in [0.15, 0.2) is 0 Å². The SMILES string of the molecule is Cc1ccc(Cn2nnc3cc(-c4ccnc(NC(C)(C)CN5CCOCC5)n4)ccc32)cc1F. The molecule has 0 spiro atoms. The van der Waals surface area contributed by atoms with Crippen LogP contribution >= 0.6 is 0 Å². The van der Waals surface area contributed by atoms with Crippen molar-refractivity contribution < 1.29 is 9.13 Å². The molecule has 1 N–H and O–H groups in total. The predicted molar refractivity (Wildman–Crippen MR) is 134 cm³/mol. The molecule has 0 aliphatic carbocycles. The molecule has 8 nitrogen and oxygen atoms in total. The fraction of sp³-hybridized carbons (Fsp3) is 0.385. The summed E-state index contributed by atoms with van der Waals surface area (Å²) in [7, 11) is 0. The van der Waals surface area contributed by atoms with Crippen LogP contribution in [0.15, 0.2) is 48.7 Å². The van der Waals surface area contributed by atoms with Crippen LogP contribution in [0.1, 0.15) is 25.0 Å². The van der Waals surface area contributed by atoms with Crippen molar-refractivity contribution in [3.63, 3.8) is 0 Å². The molecule has 35 heavy (non-hydrogen) atoms. The second-order valence-electron chi connectivity index (χ2n) is 9.70. The molecular formula is C26H30FN7O. The van der Waals surface area contributed by atoms with E-state index in [1.807, 2.05) is 30.3 Å². The van der Waals surface area contributed by atoms with E-state index in [1.165, 1.54) is 0 Å². The number of benzene rings is 2. The lowest BCUT2D eigenvalue weighted by Crippen LogP contribution is -2.48. The largest absolute Gasteiger partial charge is 0.379 e. The average molecular weight is 476 g/mol. The van der Waals surface area contributed by atoms with Gasteiger partial charge in [-0.15, -0.1) is 5.10 Å². The molecule has 2 aromatic carbocycles. The number of ether oxygens (including phenoxy) is 1. The molecule has 0 unspecified atom stereocenters. The summed E-state index contributed by atoms with van der Waals surface area (Å²) in [4.78, 5) is 11.6. The molecule has 1 saturated heterocycles. The molecule has 1 fully saturated rings. The Morgan fingerprint density at radius 1 is 1.09 bits per heavy atom. The van der Waals surface area contributed by atoms with E-state index >= 15 is 0 Å². The van der Waals surface area contributed by atoms with E-state index in [-0.39, 0.29) is 11.4 Å². The van der Waals surface area contributed by atoms with Gasteiger partial charge in [-0.2, -0.15) is 0 Å². The molecule has 1 aliphatic rings. The van der Waals surface area contributed by atoms with Crippen molar-refractivity contribution in [3.05, 3.63) is 65.6 Å². The molecule has 0 bridgehead atoms. The first-order chi connectivity index (χ1) is 16.9. The fourth-order valence-corrected chi connectivity index (χ4v) is 4.40. The first-order valence-corrected chi connectivity index (χ1v) is 11.9. The van der Waals surface area contributed by atoms with Crippen LogP contribution in [0.25, 0.3) is 22.3 Å². The van der Waals surface area contributed by atoms with Crippen molar-refractivity contribution in [2.45, 2.75) is 32.9 Å². The molecule has 0 atom stereocenters. The van der Waals surface area contributed by atoms with Crippen LogP contribution in [0.4, 0.5) is 10.3 Å². The van der Waals surface area contributed by atoms with E-state index in [0.29, 0.717) is 18.1 Å². The first-order valence-electron chi connectivity index (χ1n) is 11.9. The number of nitrogens with zero attached hydrogens (tertiary/aromatic N) is 6. The van der Waals surface area contributed by atoms with E-state index in [2.05, 4.69) is 39.4 Å². The van der Waals surface area contributed by atoms with Gasteiger partial charge in [-0.3, -0.25) is 4.90 Å². The van der Waals surface area contributed by atoms with Crippen molar-refractivity contribution >= 4 is 17.0 Å². The smallest absolute Gasteiger partial charge is 0.223 e. The second kappa shape index (κ2) is 9.67. The average Bonchev–Trinajstić information content (AvgIpc) is 3.23. The maximum Gasteiger partial charge on any atom is 0.223 e. The minimum absolute atomic E-state index is 0.196. The topological polar surface area (TPSA) is 81.0 Å². The Labute approximate surface area is 204 Å². The number of hydrogen-bond acceptors (Lipinski definition) is 7. The quantitative estimate of drug-likeness (QED) is 0.434. The van der Waals surface area contributed by atoms with E-state index in [0.717, 1.165) is 60.7 Å². The zero-order chi connectivity index (χ0) is 24.4. The molecule has 182 valence electrons.